The van der Waals surface area contributed by atoms with E-state index in [1.807, 2.05) is 26.0 Å². The standard InChI is InChI=1S/C24H28F3N3O4/c1-17(2)30-14-21(33-16-19-3-6-20(7-4-19)34-24(25,26)27)13-29(15-23(30)32)22(31)8-5-18-9-11-28-12-10-18/h3-4,6-7,9-12,17,21H,5,8,13-16H2,1-2H3/t21-/m1/s1. The molecular formula is C24H28F3N3O4. The predicted octanol–water partition coefficient (Wildman–Crippen LogP) is 3.58. The van der Waals surface area contributed by atoms with Crippen LogP contribution in [0.4, 0.5) is 13.2 Å². The molecule has 1 atom stereocenters. The molecule has 1 aliphatic heterocycles. The number of benzene rings is 1. The zero-order chi connectivity index (χ0) is 24.7. The first kappa shape index (κ1) is 25.5. The van der Waals surface area contributed by atoms with Crippen LogP contribution in [-0.4, -0.2) is 64.7 Å². The van der Waals surface area contributed by atoms with Crippen LogP contribution in [0.1, 0.15) is 31.4 Å². The molecule has 1 aromatic heterocycles. The largest absolute Gasteiger partial charge is 0.573 e. The number of rotatable bonds is 8. The maximum absolute atomic E-state index is 12.9. The lowest BCUT2D eigenvalue weighted by Crippen LogP contribution is -2.42. The highest BCUT2D eigenvalue weighted by molar-refractivity contribution is 5.85. The molecule has 0 radical (unpaired) electrons. The summed E-state index contributed by atoms with van der Waals surface area (Å²) in [7, 11) is 0. The summed E-state index contributed by atoms with van der Waals surface area (Å²) in [6.07, 6.45) is -1.06. The van der Waals surface area contributed by atoms with Crippen LogP contribution in [0.2, 0.25) is 0 Å². The molecule has 0 aliphatic carbocycles. The fourth-order valence-electron chi connectivity index (χ4n) is 3.70. The molecule has 2 heterocycles. The third-order valence-corrected chi connectivity index (χ3v) is 5.47. The van der Waals surface area contributed by atoms with Crippen molar-refractivity contribution >= 4 is 11.8 Å². The summed E-state index contributed by atoms with van der Waals surface area (Å²) in [6.45, 7) is 4.47. The van der Waals surface area contributed by atoms with Crippen LogP contribution in [-0.2, 0) is 27.4 Å². The first-order valence-corrected chi connectivity index (χ1v) is 11.0. The van der Waals surface area contributed by atoms with Crippen LogP contribution < -0.4 is 4.74 Å². The summed E-state index contributed by atoms with van der Waals surface area (Å²) >= 11 is 0. The lowest BCUT2D eigenvalue weighted by Gasteiger charge is -2.27. The van der Waals surface area contributed by atoms with E-state index in [0.29, 0.717) is 18.5 Å². The van der Waals surface area contributed by atoms with E-state index in [1.165, 1.54) is 29.2 Å². The summed E-state index contributed by atoms with van der Waals surface area (Å²) < 4.78 is 46.9. The van der Waals surface area contributed by atoms with Crippen molar-refractivity contribution in [3.05, 3.63) is 59.9 Å². The Balaban J connectivity index is 1.63. The fourth-order valence-corrected chi connectivity index (χ4v) is 3.70. The molecule has 0 unspecified atom stereocenters. The minimum Gasteiger partial charge on any atom is -0.406 e. The lowest BCUT2D eigenvalue weighted by molar-refractivity contribution is -0.274. The van der Waals surface area contributed by atoms with Crippen LogP contribution in [0, 0.1) is 0 Å². The average molecular weight is 479 g/mol. The van der Waals surface area contributed by atoms with E-state index < -0.39 is 12.5 Å². The minimum atomic E-state index is -4.75. The highest BCUT2D eigenvalue weighted by Gasteiger charge is 2.32. The van der Waals surface area contributed by atoms with Crippen molar-refractivity contribution < 1.29 is 32.2 Å². The summed E-state index contributed by atoms with van der Waals surface area (Å²) in [5.74, 6) is -0.599. The number of nitrogens with zero attached hydrogens (tertiary/aromatic N) is 3. The van der Waals surface area contributed by atoms with Crippen molar-refractivity contribution in [1.82, 2.24) is 14.8 Å². The number of carbonyl (C=O) groups excluding carboxylic acids is 2. The number of hydrogen-bond donors (Lipinski definition) is 0. The number of aryl methyl sites for hydroxylation is 1. The van der Waals surface area contributed by atoms with Crippen molar-refractivity contribution in [3.8, 4) is 5.75 Å². The second-order valence-electron chi connectivity index (χ2n) is 8.39. The molecule has 2 amide bonds. The Morgan fingerprint density at radius 2 is 1.76 bits per heavy atom. The molecular weight excluding hydrogens is 451 g/mol. The molecule has 0 N–H and O–H groups in total. The van der Waals surface area contributed by atoms with E-state index in [-0.39, 0.29) is 49.7 Å². The smallest absolute Gasteiger partial charge is 0.406 e. The van der Waals surface area contributed by atoms with Crippen molar-refractivity contribution in [3.63, 3.8) is 0 Å². The van der Waals surface area contributed by atoms with E-state index in [0.717, 1.165) is 5.56 Å². The van der Waals surface area contributed by atoms with Gasteiger partial charge in [0.2, 0.25) is 11.8 Å². The number of halogens is 3. The van der Waals surface area contributed by atoms with Crippen LogP contribution in [0.5, 0.6) is 5.75 Å². The van der Waals surface area contributed by atoms with E-state index in [2.05, 4.69) is 9.72 Å². The first-order chi connectivity index (χ1) is 16.1. The van der Waals surface area contributed by atoms with Crippen LogP contribution >= 0.6 is 0 Å². The Kier molecular flexibility index (Phi) is 8.49. The van der Waals surface area contributed by atoms with Crippen LogP contribution in [0.25, 0.3) is 0 Å². The highest BCUT2D eigenvalue weighted by atomic mass is 19.4. The zero-order valence-electron chi connectivity index (χ0n) is 19.1. The maximum atomic E-state index is 12.9. The van der Waals surface area contributed by atoms with Gasteiger partial charge in [0.1, 0.15) is 5.75 Å². The predicted molar refractivity (Wildman–Crippen MR) is 118 cm³/mol. The third-order valence-electron chi connectivity index (χ3n) is 5.47. The number of alkyl halides is 3. The van der Waals surface area contributed by atoms with E-state index >= 15 is 0 Å². The lowest BCUT2D eigenvalue weighted by atomic mass is 10.1. The Morgan fingerprint density at radius 3 is 2.38 bits per heavy atom. The number of amides is 2. The molecule has 1 aromatic carbocycles. The number of ether oxygens (including phenoxy) is 2. The Bertz CT molecular complexity index is 952. The molecule has 1 fully saturated rings. The van der Waals surface area contributed by atoms with Gasteiger partial charge in [0.25, 0.3) is 0 Å². The van der Waals surface area contributed by atoms with Gasteiger partial charge in [-0.3, -0.25) is 14.6 Å². The van der Waals surface area contributed by atoms with Crippen LogP contribution in [0.3, 0.4) is 0 Å². The molecule has 184 valence electrons. The van der Waals surface area contributed by atoms with Gasteiger partial charge in [0.05, 0.1) is 19.3 Å². The molecule has 1 saturated heterocycles. The van der Waals surface area contributed by atoms with Gasteiger partial charge in [0.15, 0.2) is 0 Å². The zero-order valence-corrected chi connectivity index (χ0v) is 19.1. The molecule has 2 aromatic rings. The van der Waals surface area contributed by atoms with Crippen molar-refractivity contribution in [2.45, 2.75) is 51.8 Å². The van der Waals surface area contributed by atoms with Crippen molar-refractivity contribution in [2.24, 2.45) is 0 Å². The summed E-state index contributed by atoms with van der Waals surface area (Å²) in [6, 6.07) is 9.04. The maximum Gasteiger partial charge on any atom is 0.573 e. The van der Waals surface area contributed by atoms with Gasteiger partial charge in [-0.1, -0.05) is 12.1 Å². The molecule has 34 heavy (non-hydrogen) atoms. The van der Waals surface area contributed by atoms with Crippen molar-refractivity contribution in [2.75, 3.05) is 19.6 Å². The summed E-state index contributed by atoms with van der Waals surface area (Å²) in [5, 5.41) is 0. The SMILES string of the molecule is CC(C)N1C[C@H](OCc2ccc(OC(F)(F)F)cc2)CN(C(=O)CCc2ccncc2)CC1=O. The van der Waals surface area contributed by atoms with Crippen molar-refractivity contribution in [1.29, 1.82) is 0 Å². The van der Waals surface area contributed by atoms with Crippen LogP contribution in [0.15, 0.2) is 48.8 Å². The van der Waals surface area contributed by atoms with Gasteiger partial charge in [-0.05, 0) is 55.7 Å². The number of hydrogen-bond acceptors (Lipinski definition) is 5. The first-order valence-electron chi connectivity index (χ1n) is 11.0. The summed E-state index contributed by atoms with van der Waals surface area (Å²) in [5.41, 5.74) is 1.64. The topological polar surface area (TPSA) is 72.0 Å². The molecule has 7 nitrogen and oxygen atoms in total. The molecule has 0 bridgehead atoms. The number of pyridine rings is 1. The number of aromatic nitrogens is 1. The van der Waals surface area contributed by atoms with E-state index in [1.54, 1.807) is 17.3 Å². The van der Waals surface area contributed by atoms with E-state index in [4.69, 9.17) is 4.74 Å². The molecule has 1 aliphatic rings. The third kappa shape index (κ3) is 7.72. The second-order valence-corrected chi connectivity index (χ2v) is 8.39. The molecule has 10 heteroatoms. The van der Waals surface area contributed by atoms with Gasteiger partial charge >= 0.3 is 6.36 Å². The Morgan fingerprint density at radius 1 is 1.09 bits per heavy atom. The van der Waals surface area contributed by atoms with Gasteiger partial charge in [-0.15, -0.1) is 13.2 Å². The fraction of sp³-hybridized carbons (Fsp3) is 0.458. The average Bonchev–Trinajstić information content (AvgIpc) is 2.95. The molecule has 0 spiro atoms. The highest BCUT2D eigenvalue weighted by Crippen LogP contribution is 2.23. The Labute approximate surface area is 196 Å². The van der Waals surface area contributed by atoms with Gasteiger partial charge in [-0.25, -0.2) is 0 Å². The number of carbonyl (C=O) groups is 2. The van der Waals surface area contributed by atoms with Gasteiger partial charge < -0.3 is 19.3 Å². The normalized spacial score (nSPS) is 17.1. The Hall–Kier alpha value is -3.14. The molecule has 3 rings (SSSR count). The monoisotopic (exact) mass is 479 g/mol. The van der Waals surface area contributed by atoms with Gasteiger partial charge in [0, 0.05) is 37.9 Å². The quantitative estimate of drug-likeness (QED) is 0.579. The molecule has 0 saturated carbocycles. The summed E-state index contributed by atoms with van der Waals surface area (Å²) in [4.78, 5) is 32.8. The van der Waals surface area contributed by atoms with E-state index in [9.17, 15) is 22.8 Å². The minimum absolute atomic E-state index is 0.0172. The second kappa shape index (κ2) is 11.3. The van der Waals surface area contributed by atoms with Gasteiger partial charge in [-0.2, -0.15) is 0 Å².